The summed E-state index contributed by atoms with van der Waals surface area (Å²) in [4.78, 5) is 11.4. The minimum Gasteiger partial charge on any atom is -0.294 e. The van der Waals surface area contributed by atoms with Crippen LogP contribution in [0.4, 0.5) is 0 Å². The number of rotatable bonds is 5. The zero-order valence-corrected chi connectivity index (χ0v) is 6.77. The zero-order valence-electron chi connectivity index (χ0n) is 6.77. The molecule has 0 saturated heterocycles. The highest BCUT2D eigenvalue weighted by Gasteiger charge is 1.67. The summed E-state index contributed by atoms with van der Waals surface area (Å²) in [7, 11) is 0. The van der Waals surface area contributed by atoms with Crippen molar-refractivity contribution in [2.45, 2.75) is 6.92 Å². The average Bonchev–Trinajstić information content (AvgIpc) is 2.03. The highest BCUT2D eigenvalue weighted by atomic mass is 14.9. The number of allylic oxidation sites excluding steroid dienone is 1. The van der Waals surface area contributed by atoms with E-state index in [9.17, 15) is 0 Å². The zero-order chi connectivity index (χ0) is 8.36. The van der Waals surface area contributed by atoms with Gasteiger partial charge in [0.15, 0.2) is 0 Å². The maximum Gasteiger partial charge on any atom is 0.128 e. The maximum atomic E-state index is 3.98. The molecule has 0 atom stereocenters. The first kappa shape index (κ1) is 9.75. The lowest BCUT2D eigenvalue weighted by atomic mass is 10.5. The Morgan fingerprint density at radius 1 is 1.36 bits per heavy atom. The van der Waals surface area contributed by atoms with Crippen molar-refractivity contribution >= 4 is 19.1 Å². The van der Waals surface area contributed by atoms with E-state index in [4.69, 9.17) is 0 Å². The fraction of sp³-hybridized carbons (Fsp3) is 0.375. The molecule has 0 radical (unpaired) electrons. The van der Waals surface area contributed by atoms with Crippen molar-refractivity contribution in [2.24, 2.45) is 15.0 Å². The van der Waals surface area contributed by atoms with E-state index < -0.39 is 0 Å². The first-order chi connectivity index (χ1) is 5.41. The lowest BCUT2D eigenvalue weighted by Crippen LogP contribution is -1.74. The first-order valence-corrected chi connectivity index (χ1v) is 3.43. The summed E-state index contributed by atoms with van der Waals surface area (Å²) >= 11 is 0. The minimum absolute atomic E-state index is 0.432. The summed E-state index contributed by atoms with van der Waals surface area (Å²) in [5.41, 5.74) is 0. The van der Waals surface area contributed by atoms with Crippen LogP contribution in [0.3, 0.4) is 0 Å². The Bertz CT molecular complexity index is 168. The maximum absolute atomic E-state index is 3.98. The molecule has 0 amide bonds. The minimum atomic E-state index is 0.432. The van der Waals surface area contributed by atoms with Crippen molar-refractivity contribution in [3.8, 4) is 0 Å². The molecule has 0 aromatic rings. The molecule has 0 saturated carbocycles. The van der Waals surface area contributed by atoms with Crippen LogP contribution in [0.1, 0.15) is 6.92 Å². The van der Waals surface area contributed by atoms with Gasteiger partial charge in [0.1, 0.15) is 6.67 Å². The number of aliphatic imine (C=N–C) groups is 3. The molecule has 0 aromatic heterocycles. The molecule has 0 aliphatic carbocycles. The molecule has 0 aliphatic rings. The SMILES string of the molecule is C=NC/N=C\C=C/C/N=C\C. The van der Waals surface area contributed by atoms with E-state index in [2.05, 4.69) is 21.7 Å². The molecule has 3 heteroatoms. The van der Waals surface area contributed by atoms with Crippen LogP contribution in [0.25, 0.3) is 0 Å². The Morgan fingerprint density at radius 3 is 2.82 bits per heavy atom. The predicted octanol–water partition coefficient (Wildman–Crippen LogP) is 1.36. The molecule has 0 rings (SSSR count). The van der Waals surface area contributed by atoms with Crippen molar-refractivity contribution < 1.29 is 0 Å². The van der Waals surface area contributed by atoms with Crippen LogP contribution in [0, 0.1) is 0 Å². The van der Waals surface area contributed by atoms with Gasteiger partial charge in [-0.2, -0.15) is 0 Å². The van der Waals surface area contributed by atoms with Crippen LogP contribution in [-0.2, 0) is 0 Å². The van der Waals surface area contributed by atoms with Gasteiger partial charge in [0.2, 0.25) is 0 Å². The summed E-state index contributed by atoms with van der Waals surface area (Å²) in [6.07, 6.45) is 7.23. The molecule has 60 valence electrons. The van der Waals surface area contributed by atoms with E-state index in [0.717, 1.165) is 0 Å². The number of hydrogen-bond acceptors (Lipinski definition) is 3. The summed E-state index contributed by atoms with van der Waals surface area (Å²) in [6.45, 7) is 6.33. The molecule has 0 heterocycles. The normalized spacial score (nSPS) is 12.1. The molecule has 0 unspecified atom stereocenters. The Morgan fingerprint density at radius 2 is 2.18 bits per heavy atom. The molecule has 11 heavy (non-hydrogen) atoms. The van der Waals surface area contributed by atoms with Crippen molar-refractivity contribution in [3.05, 3.63) is 12.2 Å². The van der Waals surface area contributed by atoms with Crippen molar-refractivity contribution in [1.82, 2.24) is 0 Å². The Kier molecular flexibility index (Phi) is 7.76. The van der Waals surface area contributed by atoms with Crippen molar-refractivity contribution in [1.29, 1.82) is 0 Å². The van der Waals surface area contributed by atoms with Gasteiger partial charge in [0.25, 0.3) is 0 Å². The van der Waals surface area contributed by atoms with E-state index in [-0.39, 0.29) is 0 Å². The Balaban J connectivity index is 3.35. The predicted molar refractivity (Wildman–Crippen MR) is 51.1 cm³/mol. The third kappa shape index (κ3) is 8.75. The van der Waals surface area contributed by atoms with Crippen LogP contribution in [0.5, 0.6) is 0 Å². The molecule has 0 bridgehead atoms. The van der Waals surface area contributed by atoms with Gasteiger partial charge in [-0.3, -0.25) is 15.0 Å². The molecule has 0 aliphatic heterocycles. The van der Waals surface area contributed by atoms with Crippen molar-refractivity contribution in [2.75, 3.05) is 13.2 Å². The molecular weight excluding hydrogens is 138 g/mol. The second-order valence-corrected chi connectivity index (χ2v) is 1.75. The van der Waals surface area contributed by atoms with Gasteiger partial charge in [0, 0.05) is 6.21 Å². The quantitative estimate of drug-likeness (QED) is 0.532. The van der Waals surface area contributed by atoms with Crippen LogP contribution in [-0.4, -0.2) is 32.4 Å². The summed E-state index contributed by atoms with van der Waals surface area (Å²) < 4.78 is 0. The third-order valence-electron chi connectivity index (χ3n) is 0.903. The molecule has 0 fully saturated rings. The van der Waals surface area contributed by atoms with E-state index >= 15 is 0 Å². The topological polar surface area (TPSA) is 37.1 Å². The Hall–Kier alpha value is -1.25. The van der Waals surface area contributed by atoms with Crippen LogP contribution >= 0.6 is 0 Å². The van der Waals surface area contributed by atoms with E-state index in [1.54, 1.807) is 12.4 Å². The molecule has 0 N–H and O–H groups in total. The van der Waals surface area contributed by atoms with Gasteiger partial charge in [0.05, 0.1) is 6.54 Å². The van der Waals surface area contributed by atoms with Crippen LogP contribution in [0.2, 0.25) is 0 Å². The van der Waals surface area contributed by atoms with Crippen molar-refractivity contribution in [3.63, 3.8) is 0 Å². The standard InChI is InChI=1S/C8H13N3/c1-3-10-6-4-5-7-11-8-9-2/h3-5,7H,2,6,8H2,1H3/b5-4-,10-3-,11-7-. The third-order valence-corrected chi connectivity index (χ3v) is 0.903. The van der Waals surface area contributed by atoms with E-state index in [0.29, 0.717) is 13.2 Å². The highest BCUT2D eigenvalue weighted by Crippen LogP contribution is 1.73. The van der Waals surface area contributed by atoms with Gasteiger partial charge in [-0.15, -0.1) is 0 Å². The van der Waals surface area contributed by atoms with Gasteiger partial charge < -0.3 is 0 Å². The number of hydrogen-bond donors (Lipinski definition) is 0. The first-order valence-electron chi connectivity index (χ1n) is 3.43. The smallest absolute Gasteiger partial charge is 0.128 e. The fourth-order valence-corrected chi connectivity index (χ4v) is 0.454. The fourth-order valence-electron chi connectivity index (χ4n) is 0.454. The van der Waals surface area contributed by atoms with Gasteiger partial charge >= 0.3 is 0 Å². The van der Waals surface area contributed by atoms with Gasteiger partial charge in [-0.1, -0.05) is 6.08 Å². The second kappa shape index (κ2) is 8.75. The monoisotopic (exact) mass is 151 g/mol. The Labute approximate surface area is 67.3 Å². The molecule has 0 spiro atoms. The summed E-state index contributed by atoms with van der Waals surface area (Å²) in [5, 5.41) is 0. The summed E-state index contributed by atoms with van der Waals surface area (Å²) in [6, 6.07) is 0. The lowest BCUT2D eigenvalue weighted by molar-refractivity contribution is 1.09. The second-order valence-electron chi connectivity index (χ2n) is 1.75. The largest absolute Gasteiger partial charge is 0.294 e. The van der Waals surface area contributed by atoms with Gasteiger partial charge in [-0.25, -0.2) is 0 Å². The lowest BCUT2D eigenvalue weighted by Gasteiger charge is -1.79. The molecule has 0 aromatic carbocycles. The summed E-state index contributed by atoms with van der Waals surface area (Å²) in [5.74, 6) is 0. The van der Waals surface area contributed by atoms with Gasteiger partial charge in [-0.05, 0) is 25.9 Å². The highest BCUT2D eigenvalue weighted by molar-refractivity contribution is 5.71. The molecular formula is C8H13N3. The van der Waals surface area contributed by atoms with Crippen LogP contribution < -0.4 is 0 Å². The molecule has 3 nitrogen and oxygen atoms in total. The van der Waals surface area contributed by atoms with Crippen LogP contribution in [0.15, 0.2) is 27.1 Å². The average molecular weight is 151 g/mol. The number of nitrogens with zero attached hydrogens (tertiary/aromatic N) is 3. The van der Waals surface area contributed by atoms with E-state index in [1.165, 1.54) is 0 Å². The van der Waals surface area contributed by atoms with E-state index in [1.807, 2.05) is 19.1 Å².